The van der Waals surface area contributed by atoms with Gasteiger partial charge in [0.25, 0.3) is 0 Å². The lowest BCUT2D eigenvalue weighted by Crippen LogP contribution is -2.05. The van der Waals surface area contributed by atoms with Crippen molar-refractivity contribution in [1.29, 1.82) is 0 Å². The normalized spacial score (nSPS) is 10.3. The molecule has 5 heteroatoms. The van der Waals surface area contributed by atoms with E-state index >= 15 is 0 Å². The first-order chi connectivity index (χ1) is 11.3. The monoisotopic (exact) mass is 309 g/mol. The molecule has 23 heavy (non-hydrogen) atoms. The Balaban J connectivity index is 1.64. The first kappa shape index (κ1) is 14.8. The van der Waals surface area contributed by atoms with Crippen LogP contribution in [0.4, 0.5) is 0 Å². The van der Waals surface area contributed by atoms with E-state index in [1.54, 1.807) is 37.6 Å². The third-order valence-electron chi connectivity index (χ3n) is 3.24. The third-order valence-corrected chi connectivity index (χ3v) is 3.24. The lowest BCUT2D eigenvalue weighted by molar-refractivity contribution is 0.0438. The van der Waals surface area contributed by atoms with Gasteiger partial charge >= 0.3 is 5.97 Å². The number of oxazole rings is 1. The molecule has 0 saturated carbocycles. The van der Waals surface area contributed by atoms with Gasteiger partial charge in [0.15, 0.2) is 12.4 Å². The topological polar surface area (TPSA) is 61.6 Å². The molecule has 0 N–H and O–H groups in total. The van der Waals surface area contributed by atoms with Crippen molar-refractivity contribution in [3.05, 3.63) is 72.2 Å². The van der Waals surface area contributed by atoms with Crippen LogP contribution in [0.3, 0.4) is 0 Å². The van der Waals surface area contributed by atoms with Crippen LogP contribution in [0.5, 0.6) is 5.75 Å². The summed E-state index contributed by atoms with van der Waals surface area (Å²) in [5.74, 6) is 1.13. The summed E-state index contributed by atoms with van der Waals surface area (Å²) in [6.07, 6.45) is 1.62. The fourth-order valence-corrected chi connectivity index (χ4v) is 2.07. The first-order valence-corrected chi connectivity index (χ1v) is 7.07. The van der Waals surface area contributed by atoms with Crippen LogP contribution in [0.15, 0.2) is 65.2 Å². The van der Waals surface area contributed by atoms with Crippen molar-refractivity contribution < 1.29 is 18.7 Å². The standard InChI is InChI=1S/C18H15NO4/c1-21-15-9-5-8-14(10-15)18(20)22-12-17-19-11-16(23-17)13-6-3-2-4-7-13/h2-11H,12H2,1H3. The Bertz CT molecular complexity index is 796. The molecule has 0 saturated heterocycles. The Labute approximate surface area is 133 Å². The summed E-state index contributed by atoms with van der Waals surface area (Å²) in [4.78, 5) is 16.1. The van der Waals surface area contributed by atoms with Crippen molar-refractivity contribution in [1.82, 2.24) is 4.98 Å². The van der Waals surface area contributed by atoms with Crippen molar-refractivity contribution in [2.24, 2.45) is 0 Å². The summed E-state index contributed by atoms with van der Waals surface area (Å²) >= 11 is 0. The lowest BCUT2D eigenvalue weighted by Gasteiger charge is -2.04. The number of nitrogens with zero attached hydrogens (tertiary/aromatic N) is 1. The average molecular weight is 309 g/mol. The van der Waals surface area contributed by atoms with Gasteiger partial charge in [-0.15, -0.1) is 0 Å². The molecule has 2 aromatic carbocycles. The minimum atomic E-state index is -0.455. The molecule has 0 bridgehead atoms. The zero-order valence-electron chi connectivity index (χ0n) is 12.6. The maximum Gasteiger partial charge on any atom is 0.338 e. The largest absolute Gasteiger partial charge is 0.497 e. The highest BCUT2D eigenvalue weighted by Gasteiger charge is 2.11. The van der Waals surface area contributed by atoms with Gasteiger partial charge in [-0.05, 0) is 18.2 Å². The molecule has 0 spiro atoms. The Morgan fingerprint density at radius 3 is 2.74 bits per heavy atom. The van der Waals surface area contributed by atoms with E-state index in [0.29, 0.717) is 23.0 Å². The Hall–Kier alpha value is -3.08. The van der Waals surface area contributed by atoms with Crippen LogP contribution < -0.4 is 4.74 Å². The van der Waals surface area contributed by atoms with Crippen molar-refractivity contribution in [2.45, 2.75) is 6.61 Å². The van der Waals surface area contributed by atoms with E-state index in [4.69, 9.17) is 13.9 Å². The molecule has 0 fully saturated rings. The summed E-state index contributed by atoms with van der Waals surface area (Å²) in [5, 5.41) is 0. The summed E-state index contributed by atoms with van der Waals surface area (Å²) in [6.45, 7) is -0.0249. The van der Waals surface area contributed by atoms with Gasteiger partial charge in [0.05, 0.1) is 18.9 Å². The minimum Gasteiger partial charge on any atom is -0.497 e. The van der Waals surface area contributed by atoms with E-state index in [2.05, 4.69) is 4.98 Å². The number of benzene rings is 2. The minimum absolute atomic E-state index is 0.0249. The van der Waals surface area contributed by atoms with Crippen LogP contribution in [0.25, 0.3) is 11.3 Å². The highest BCUT2D eigenvalue weighted by atomic mass is 16.5. The van der Waals surface area contributed by atoms with Crippen molar-refractivity contribution >= 4 is 5.97 Å². The van der Waals surface area contributed by atoms with Crippen LogP contribution in [-0.2, 0) is 11.3 Å². The molecule has 3 aromatic rings. The third kappa shape index (κ3) is 3.58. The molecule has 5 nitrogen and oxygen atoms in total. The molecule has 116 valence electrons. The predicted molar refractivity (Wildman–Crippen MR) is 84.1 cm³/mol. The van der Waals surface area contributed by atoms with Gasteiger partial charge in [-0.1, -0.05) is 36.4 Å². The van der Waals surface area contributed by atoms with Gasteiger partial charge in [-0.25, -0.2) is 9.78 Å². The number of aromatic nitrogens is 1. The number of methoxy groups -OCH3 is 1. The molecule has 0 aliphatic heterocycles. The van der Waals surface area contributed by atoms with Crippen LogP contribution in [-0.4, -0.2) is 18.1 Å². The van der Waals surface area contributed by atoms with Crippen LogP contribution >= 0.6 is 0 Å². The number of carbonyl (C=O) groups excluding carboxylic acids is 1. The number of esters is 1. The Kier molecular flexibility index (Phi) is 4.38. The summed E-state index contributed by atoms with van der Waals surface area (Å²) in [5.41, 5.74) is 1.34. The summed E-state index contributed by atoms with van der Waals surface area (Å²) in [6, 6.07) is 16.4. The molecule has 0 amide bonds. The molecule has 0 unspecified atom stereocenters. The number of hydrogen-bond donors (Lipinski definition) is 0. The van der Waals surface area contributed by atoms with E-state index in [9.17, 15) is 4.79 Å². The number of rotatable bonds is 5. The summed E-state index contributed by atoms with van der Waals surface area (Å²) in [7, 11) is 1.54. The van der Waals surface area contributed by atoms with Gasteiger partial charge in [-0.3, -0.25) is 0 Å². The second-order valence-electron chi connectivity index (χ2n) is 4.79. The fraction of sp³-hybridized carbons (Fsp3) is 0.111. The quantitative estimate of drug-likeness (QED) is 0.672. The number of ether oxygens (including phenoxy) is 2. The highest BCUT2D eigenvalue weighted by molar-refractivity contribution is 5.89. The van der Waals surface area contributed by atoms with Gasteiger partial charge in [-0.2, -0.15) is 0 Å². The zero-order chi connectivity index (χ0) is 16.1. The second kappa shape index (κ2) is 6.79. The molecule has 0 aliphatic carbocycles. The fourth-order valence-electron chi connectivity index (χ4n) is 2.07. The van der Waals surface area contributed by atoms with Crippen LogP contribution in [0.1, 0.15) is 16.2 Å². The van der Waals surface area contributed by atoms with E-state index in [0.717, 1.165) is 5.56 Å². The van der Waals surface area contributed by atoms with Crippen LogP contribution in [0, 0.1) is 0 Å². The number of hydrogen-bond acceptors (Lipinski definition) is 5. The molecule has 3 rings (SSSR count). The van der Waals surface area contributed by atoms with Gasteiger partial charge in [0, 0.05) is 5.56 Å². The molecular formula is C18H15NO4. The smallest absolute Gasteiger partial charge is 0.338 e. The van der Waals surface area contributed by atoms with E-state index in [1.807, 2.05) is 30.3 Å². The van der Waals surface area contributed by atoms with Crippen molar-refractivity contribution in [2.75, 3.05) is 7.11 Å². The van der Waals surface area contributed by atoms with Crippen molar-refractivity contribution in [3.8, 4) is 17.1 Å². The van der Waals surface area contributed by atoms with Gasteiger partial charge in [0.2, 0.25) is 5.89 Å². The van der Waals surface area contributed by atoms with E-state index in [-0.39, 0.29) is 6.61 Å². The summed E-state index contributed by atoms with van der Waals surface area (Å²) < 4.78 is 15.9. The Morgan fingerprint density at radius 1 is 1.13 bits per heavy atom. The molecule has 0 radical (unpaired) electrons. The van der Waals surface area contributed by atoms with E-state index in [1.165, 1.54) is 0 Å². The molecule has 1 heterocycles. The van der Waals surface area contributed by atoms with E-state index < -0.39 is 5.97 Å². The first-order valence-electron chi connectivity index (χ1n) is 7.07. The SMILES string of the molecule is COc1cccc(C(=O)OCc2ncc(-c3ccccc3)o2)c1. The van der Waals surface area contributed by atoms with Gasteiger partial charge in [0.1, 0.15) is 5.75 Å². The Morgan fingerprint density at radius 2 is 1.96 bits per heavy atom. The van der Waals surface area contributed by atoms with Crippen LogP contribution in [0.2, 0.25) is 0 Å². The van der Waals surface area contributed by atoms with Gasteiger partial charge < -0.3 is 13.9 Å². The predicted octanol–water partition coefficient (Wildman–Crippen LogP) is 3.71. The molecule has 0 aliphatic rings. The number of carbonyl (C=O) groups is 1. The maximum atomic E-state index is 12.0. The lowest BCUT2D eigenvalue weighted by atomic mass is 10.2. The molecule has 1 aromatic heterocycles. The maximum absolute atomic E-state index is 12.0. The van der Waals surface area contributed by atoms with Crippen molar-refractivity contribution in [3.63, 3.8) is 0 Å². The average Bonchev–Trinajstić information content (AvgIpc) is 3.09. The molecular weight excluding hydrogens is 294 g/mol. The highest BCUT2D eigenvalue weighted by Crippen LogP contribution is 2.20. The zero-order valence-corrected chi connectivity index (χ0v) is 12.6. The second-order valence-corrected chi connectivity index (χ2v) is 4.79. The molecule has 0 atom stereocenters.